The molecule has 2 aromatic heterocycles. The Morgan fingerprint density at radius 1 is 1.38 bits per heavy atom. The molecule has 0 aliphatic carbocycles. The van der Waals surface area contributed by atoms with Crippen LogP contribution in [0.2, 0.25) is 0 Å². The van der Waals surface area contributed by atoms with Crippen molar-refractivity contribution in [3.63, 3.8) is 0 Å². The minimum Gasteiger partial charge on any atom is -0.330 e. The van der Waals surface area contributed by atoms with E-state index in [1.54, 1.807) is 17.5 Å². The first-order valence-corrected chi connectivity index (χ1v) is 6.25. The fourth-order valence-corrected chi connectivity index (χ4v) is 2.74. The maximum Gasteiger partial charge on any atom is 0.0300 e. The molecule has 2 aromatic rings. The van der Waals surface area contributed by atoms with Gasteiger partial charge in [0.1, 0.15) is 0 Å². The van der Waals surface area contributed by atoms with Crippen molar-refractivity contribution in [3.05, 3.63) is 52.5 Å². The smallest absolute Gasteiger partial charge is 0.0300 e. The topological polar surface area (TPSA) is 38.9 Å². The lowest BCUT2D eigenvalue weighted by Gasteiger charge is -2.26. The SMILES string of the molecule is CC(CN)(Cc1cccnc1)c1cccs1. The van der Waals surface area contributed by atoms with E-state index in [1.807, 2.05) is 12.3 Å². The standard InChI is InChI=1S/C13H16N2S/c1-13(10-14,12-5-3-7-16-12)8-11-4-2-6-15-9-11/h2-7,9H,8,10,14H2,1H3. The average molecular weight is 232 g/mol. The molecule has 1 atom stereocenters. The molecule has 2 nitrogen and oxygen atoms in total. The van der Waals surface area contributed by atoms with Crippen molar-refractivity contribution in [3.8, 4) is 0 Å². The Balaban J connectivity index is 2.23. The summed E-state index contributed by atoms with van der Waals surface area (Å²) in [4.78, 5) is 5.49. The van der Waals surface area contributed by atoms with E-state index in [4.69, 9.17) is 5.73 Å². The van der Waals surface area contributed by atoms with E-state index >= 15 is 0 Å². The molecule has 0 saturated heterocycles. The molecule has 0 amide bonds. The number of thiophene rings is 1. The lowest BCUT2D eigenvalue weighted by atomic mass is 9.82. The lowest BCUT2D eigenvalue weighted by molar-refractivity contribution is 0.490. The molecule has 2 N–H and O–H groups in total. The first-order valence-electron chi connectivity index (χ1n) is 5.37. The Morgan fingerprint density at radius 3 is 2.81 bits per heavy atom. The summed E-state index contributed by atoms with van der Waals surface area (Å²) in [6, 6.07) is 8.32. The lowest BCUT2D eigenvalue weighted by Crippen LogP contribution is -2.33. The van der Waals surface area contributed by atoms with Gasteiger partial charge in [-0.1, -0.05) is 19.1 Å². The van der Waals surface area contributed by atoms with Gasteiger partial charge in [0, 0.05) is 29.2 Å². The number of pyridine rings is 1. The number of hydrogen-bond acceptors (Lipinski definition) is 3. The van der Waals surface area contributed by atoms with Gasteiger partial charge >= 0.3 is 0 Å². The summed E-state index contributed by atoms with van der Waals surface area (Å²) in [5.74, 6) is 0. The van der Waals surface area contributed by atoms with Gasteiger partial charge in [-0.2, -0.15) is 0 Å². The number of aromatic nitrogens is 1. The molecule has 16 heavy (non-hydrogen) atoms. The quantitative estimate of drug-likeness (QED) is 0.880. The molecular formula is C13H16N2S. The number of nitrogens with two attached hydrogens (primary N) is 1. The minimum atomic E-state index is 0.0250. The molecule has 0 radical (unpaired) electrons. The zero-order valence-electron chi connectivity index (χ0n) is 9.39. The van der Waals surface area contributed by atoms with Crippen LogP contribution in [-0.2, 0) is 11.8 Å². The third-order valence-electron chi connectivity index (χ3n) is 2.88. The highest BCUT2D eigenvalue weighted by Crippen LogP contribution is 2.30. The van der Waals surface area contributed by atoms with Crippen molar-refractivity contribution in [1.29, 1.82) is 0 Å². The fourth-order valence-electron chi connectivity index (χ4n) is 1.84. The highest BCUT2D eigenvalue weighted by atomic mass is 32.1. The van der Waals surface area contributed by atoms with E-state index in [1.165, 1.54) is 10.4 Å². The van der Waals surface area contributed by atoms with Crippen molar-refractivity contribution in [2.45, 2.75) is 18.8 Å². The first kappa shape index (κ1) is 11.3. The molecule has 0 spiro atoms. The number of rotatable bonds is 4. The van der Waals surface area contributed by atoms with Crippen molar-refractivity contribution in [2.24, 2.45) is 5.73 Å². The molecule has 3 heteroatoms. The third-order valence-corrected chi connectivity index (χ3v) is 4.06. The summed E-state index contributed by atoms with van der Waals surface area (Å²) in [6.07, 6.45) is 4.66. The van der Waals surface area contributed by atoms with Crippen LogP contribution in [0.3, 0.4) is 0 Å². The van der Waals surface area contributed by atoms with E-state index in [0.717, 1.165) is 6.42 Å². The van der Waals surface area contributed by atoms with Crippen molar-refractivity contribution in [1.82, 2.24) is 4.98 Å². The van der Waals surface area contributed by atoms with Gasteiger partial charge in [0.25, 0.3) is 0 Å². The molecule has 84 valence electrons. The predicted molar refractivity (Wildman–Crippen MR) is 68.7 cm³/mol. The van der Waals surface area contributed by atoms with Crippen LogP contribution in [0.15, 0.2) is 42.0 Å². The number of nitrogens with zero attached hydrogens (tertiary/aromatic N) is 1. The molecule has 0 aliphatic heterocycles. The maximum absolute atomic E-state index is 5.93. The van der Waals surface area contributed by atoms with E-state index in [0.29, 0.717) is 6.54 Å². The van der Waals surface area contributed by atoms with Crippen molar-refractivity contribution in [2.75, 3.05) is 6.54 Å². The zero-order chi connectivity index (χ0) is 11.4. The largest absolute Gasteiger partial charge is 0.330 e. The highest BCUT2D eigenvalue weighted by Gasteiger charge is 2.26. The Morgan fingerprint density at radius 2 is 2.25 bits per heavy atom. The summed E-state index contributed by atoms with van der Waals surface area (Å²) >= 11 is 1.77. The molecule has 2 rings (SSSR count). The average Bonchev–Trinajstić information content (AvgIpc) is 2.84. The molecule has 0 fully saturated rings. The molecule has 0 aromatic carbocycles. The second-order valence-electron chi connectivity index (χ2n) is 4.28. The van der Waals surface area contributed by atoms with Crippen LogP contribution < -0.4 is 5.73 Å². The molecular weight excluding hydrogens is 216 g/mol. The van der Waals surface area contributed by atoms with Gasteiger partial charge in [-0.25, -0.2) is 0 Å². The molecule has 0 saturated carbocycles. The molecule has 1 unspecified atom stereocenters. The van der Waals surface area contributed by atoms with Crippen LogP contribution in [0.5, 0.6) is 0 Å². The van der Waals surface area contributed by atoms with Crippen LogP contribution >= 0.6 is 11.3 Å². The van der Waals surface area contributed by atoms with E-state index in [9.17, 15) is 0 Å². The molecule has 0 aliphatic rings. The fraction of sp³-hybridized carbons (Fsp3) is 0.308. The van der Waals surface area contributed by atoms with E-state index in [-0.39, 0.29) is 5.41 Å². The van der Waals surface area contributed by atoms with Crippen LogP contribution in [-0.4, -0.2) is 11.5 Å². The third kappa shape index (κ3) is 2.31. The monoisotopic (exact) mass is 232 g/mol. The van der Waals surface area contributed by atoms with Crippen LogP contribution in [0.4, 0.5) is 0 Å². The summed E-state index contributed by atoms with van der Waals surface area (Å²) < 4.78 is 0. The van der Waals surface area contributed by atoms with Gasteiger partial charge in [-0.05, 0) is 29.5 Å². The summed E-state index contributed by atoms with van der Waals surface area (Å²) in [5, 5.41) is 2.10. The second-order valence-corrected chi connectivity index (χ2v) is 5.23. The van der Waals surface area contributed by atoms with Gasteiger partial charge in [0.05, 0.1) is 0 Å². The van der Waals surface area contributed by atoms with Gasteiger partial charge in [0.15, 0.2) is 0 Å². The second kappa shape index (κ2) is 4.76. The molecule has 0 bridgehead atoms. The van der Waals surface area contributed by atoms with E-state index in [2.05, 4.69) is 35.5 Å². The first-order chi connectivity index (χ1) is 7.74. The summed E-state index contributed by atoms with van der Waals surface area (Å²) in [7, 11) is 0. The minimum absolute atomic E-state index is 0.0250. The van der Waals surface area contributed by atoms with Crippen LogP contribution in [0.1, 0.15) is 17.4 Å². The highest BCUT2D eigenvalue weighted by molar-refractivity contribution is 7.10. The predicted octanol–water partition coefficient (Wildman–Crippen LogP) is 2.60. The van der Waals surface area contributed by atoms with Crippen molar-refractivity contribution >= 4 is 11.3 Å². The Hall–Kier alpha value is -1.19. The summed E-state index contributed by atoms with van der Waals surface area (Å²) in [6.45, 7) is 2.87. The van der Waals surface area contributed by atoms with Gasteiger partial charge < -0.3 is 5.73 Å². The van der Waals surface area contributed by atoms with Crippen LogP contribution in [0.25, 0.3) is 0 Å². The van der Waals surface area contributed by atoms with Crippen molar-refractivity contribution < 1.29 is 0 Å². The Kier molecular flexibility index (Phi) is 3.36. The zero-order valence-corrected chi connectivity index (χ0v) is 10.2. The summed E-state index contributed by atoms with van der Waals surface area (Å²) in [5.41, 5.74) is 7.20. The normalized spacial score (nSPS) is 14.6. The number of hydrogen-bond donors (Lipinski definition) is 1. The van der Waals surface area contributed by atoms with Crippen LogP contribution in [0, 0.1) is 0 Å². The Bertz CT molecular complexity index is 424. The van der Waals surface area contributed by atoms with E-state index < -0.39 is 0 Å². The van der Waals surface area contributed by atoms with Gasteiger partial charge in [-0.15, -0.1) is 11.3 Å². The Labute approximate surface area is 100 Å². The molecule has 2 heterocycles. The van der Waals surface area contributed by atoms with Gasteiger partial charge in [0.2, 0.25) is 0 Å². The maximum atomic E-state index is 5.93. The van der Waals surface area contributed by atoms with Gasteiger partial charge in [-0.3, -0.25) is 4.98 Å².